The Morgan fingerprint density at radius 1 is 1.11 bits per heavy atom. The number of hydrogen-bond acceptors (Lipinski definition) is 7. The number of rotatable bonds is 9. The highest BCUT2D eigenvalue weighted by molar-refractivity contribution is 6.76. The maximum Gasteiger partial charge on any atom is 0.407 e. The van der Waals surface area contributed by atoms with E-state index < -0.39 is 13.7 Å². The molecule has 0 saturated carbocycles. The molecule has 1 N–H and O–H groups in total. The Hall–Kier alpha value is -3.35. The minimum Gasteiger partial charge on any atom is -0.444 e. The molecule has 254 valence electrons. The minimum atomic E-state index is -1.29. The van der Waals surface area contributed by atoms with E-state index in [1.807, 2.05) is 61.5 Å². The van der Waals surface area contributed by atoms with Gasteiger partial charge in [0.25, 0.3) is 5.56 Å². The van der Waals surface area contributed by atoms with Gasteiger partial charge in [-0.2, -0.15) is 10.1 Å². The molecule has 2 aliphatic heterocycles. The number of hydrogen-bond donors (Lipinski definition) is 1. The van der Waals surface area contributed by atoms with Crippen LogP contribution in [0.2, 0.25) is 30.7 Å². The number of piperidine rings is 1. The molecule has 1 amide bonds. The van der Waals surface area contributed by atoms with E-state index in [1.54, 1.807) is 11.6 Å². The summed E-state index contributed by atoms with van der Waals surface area (Å²) in [7, 11) is 0.517. The highest BCUT2D eigenvalue weighted by Crippen LogP contribution is 2.41. The molecule has 6 rings (SSSR count). The monoisotopic (exact) mass is 681 g/mol. The van der Waals surface area contributed by atoms with Crippen LogP contribution in [0.25, 0.3) is 33.1 Å². The van der Waals surface area contributed by atoms with Crippen LogP contribution >= 0.6 is 11.6 Å². The third-order valence-corrected chi connectivity index (χ3v) is 11.4. The number of halogens is 1. The highest BCUT2D eigenvalue weighted by atomic mass is 35.5. The first-order valence-electron chi connectivity index (χ1n) is 16.7. The second-order valence-corrected chi connectivity index (χ2v) is 21.3. The molecule has 1 aromatic carbocycles. The van der Waals surface area contributed by atoms with Gasteiger partial charge in [0, 0.05) is 75.3 Å². The molecule has 2 fully saturated rings. The van der Waals surface area contributed by atoms with Crippen LogP contribution in [0, 0.1) is 0 Å². The topological polar surface area (TPSA) is 108 Å². The SMILES string of the molecule is CCn1cc2c(Cl)c(-c3cn(COCC[Si](C)(C)C)c4nc(N5[C@@H]6CC[C@H]5C[C@@H](NC(=O)OC(C)(C)C)C6)n(C)c(=O)c34)ccc2n1. The summed E-state index contributed by atoms with van der Waals surface area (Å²) >= 11 is 7.04. The molecular formula is C34H48ClN7O4Si. The van der Waals surface area contributed by atoms with Crippen molar-refractivity contribution in [3.8, 4) is 11.1 Å². The number of carbonyl (C=O) groups excluding carboxylic acids is 1. The molecule has 2 saturated heterocycles. The summed E-state index contributed by atoms with van der Waals surface area (Å²) in [5, 5.41) is 9.62. The summed E-state index contributed by atoms with van der Waals surface area (Å²) < 4.78 is 17.2. The molecule has 0 spiro atoms. The van der Waals surface area contributed by atoms with Crippen molar-refractivity contribution in [3.05, 3.63) is 39.9 Å². The molecule has 2 aliphatic rings. The van der Waals surface area contributed by atoms with Gasteiger partial charge in [-0.15, -0.1) is 0 Å². The van der Waals surface area contributed by atoms with Gasteiger partial charge in [0.2, 0.25) is 5.95 Å². The van der Waals surface area contributed by atoms with Crippen molar-refractivity contribution in [2.75, 3.05) is 11.5 Å². The number of nitrogens with one attached hydrogen (secondary N) is 1. The van der Waals surface area contributed by atoms with Crippen LogP contribution in [0.3, 0.4) is 0 Å². The van der Waals surface area contributed by atoms with E-state index in [2.05, 4.69) is 35.0 Å². The van der Waals surface area contributed by atoms with Crippen molar-refractivity contribution in [2.45, 2.75) is 116 Å². The molecule has 3 aromatic heterocycles. The van der Waals surface area contributed by atoms with Crippen LogP contribution < -0.4 is 15.8 Å². The Labute approximate surface area is 282 Å². The van der Waals surface area contributed by atoms with Gasteiger partial charge in [0.15, 0.2) is 5.65 Å². The van der Waals surface area contributed by atoms with E-state index in [0.717, 1.165) is 60.3 Å². The predicted molar refractivity (Wildman–Crippen MR) is 190 cm³/mol. The average molecular weight is 682 g/mol. The quantitative estimate of drug-likeness (QED) is 0.154. The van der Waals surface area contributed by atoms with Crippen LogP contribution in [0.5, 0.6) is 0 Å². The maximum absolute atomic E-state index is 14.4. The summed E-state index contributed by atoms with van der Waals surface area (Å²) in [6, 6.07) is 5.23. The molecule has 13 heteroatoms. The fourth-order valence-corrected chi connectivity index (χ4v) is 8.02. The molecular weight excluding hydrogens is 634 g/mol. The second kappa shape index (κ2) is 12.6. The van der Waals surface area contributed by atoms with E-state index in [9.17, 15) is 9.59 Å². The fraction of sp³-hybridized carbons (Fsp3) is 0.588. The smallest absolute Gasteiger partial charge is 0.407 e. The van der Waals surface area contributed by atoms with Gasteiger partial charge in [-0.25, -0.2) is 4.79 Å². The molecule has 2 bridgehead atoms. The first-order valence-corrected chi connectivity index (χ1v) is 20.8. The lowest BCUT2D eigenvalue weighted by Gasteiger charge is -2.40. The van der Waals surface area contributed by atoms with Gasteiger partial charge in [-0.05, 0) is 65.5 Å². The largest absolute Gasteiger partial charge is 0.444 e. The summed E-state index contributed by atoms with van der Waals surface area (Å²) in [5.41, 5.74) is 2.21. The molecule has 0 aliphatic carbocycles. The number of anilines is 1. The Bertz CT molecular complexity index is 1850. The van der Waals surface area contributed by atoms with Gasteiger partial charge in [0.1, 0.15) is 12.3 Å². The fourth-order valence-electron chi connectivity index (χ4n) is 6.95. The number of aryl methyl sites for hydroxylation is 1. The Balaban J connectivity index is 1.38. The lowest BCUT2D eigenvalue weighted by atomic mass is 9.98. The normalized spacial score (nSPS) is 20.0. The third kappa shape index (κ3) is 6.82. The van der Waals surface area contributed by atoms with Crippen molar-refractivity contribution < 1.29 is 14.3 Å². The molecule has 5 heterocycles. The molecule has 0 radical (unpaired) electrons. The van der Waals surface area contributed by atoms with E-state index in [0.29, 0.717) is 28.6 Å². The van der Waals surface area contributed by atoms with E-state index in [4.69, 9.17) is 26.1 Å². The highest BCUT2D eigenvalue weighted by Gasteiger charge is 2.43. The van der Waals surface area contributed by atoms with Crippen molar-refractivity contribution >= 4 is 53.7 Å². The molecule has 4 aromatic rings. The summed E-state index contributed by atoms with van der Waals surface area (Å²) in [5.74, 6) is 0.643. The zero-order valence-corrected chi connectivity index (χ0v) is 30.6. The van der Waals surface area contributed by atoms with E-state index in [1.165, 1.54) is 0 Å². The van der Waals surface area contributed by atoms with Crippen molar-refractivity contribution in [1.29, 1.82) is 0 Å². The Morgan fingerprint density at radius 2 is 1.81 bits per heavy atom. The molecule has 47 heavy (non-hydrogen) atoms. The third-order valence-electron chi connectivity index (χ3n) is 9.27. The van der Waals surface area contributed by atoms with Crippen molar-refractivity contribution in [2.24, 2.45) is 7.05 Å². The van der Waals surface area contributed by atoms with Gasteiger partial charge < -0.3 is 24.3 Å². The summed E-state index contributed by atoms with van der Waals surface area (Å²) in [4.78, 5) is 34.5. The minimum absolute atomic E-state index is 0.00344. The van der Waals surface area contributed by atoms with Gasteiger partial charge in [-0.1, -0.05) is 37.3 Å². The van der Waals surface area contributed by atoms with E-state index >= 15 is 0 Å². The zero-order valence-electron chi connectivity index (χ0n) is 28.9. The van der Waals surface area contributed by atoms with Crippen LogP contribution in [0.15, 0.2) is 29.3 Å². The lowest BCUT2D eigenvalue weighted by molar-refractivity contribution is 0.0492. The first kappa shape index (κ1) is 33.5. The summed E-state index contributed by atoms with van der Waals surface area (Å²) in [6.07, 6.45) is 6.98. The van der Waals surface area contributed by atoms with Crippen LogP contribution in [0.4, 0.5) is 10.7 Å². The number of carbonyl (C=O) groups is 1. The number of benzene rings is 1. The van der Waals surface area contributed by atoms with Gasteiger partial charge >= 0.3 is 6.09 Å². The number of amides is 1. The Kier molecular flexibility index (Phi) is 8.99. The van der Waals surface area contributed by atoms with Crippen LogP contribution in [-0.2, 0) is 29.8 Å². The second-order valence-electron chi connectivity index (χ2n) is 15.3. The Morgan fingerprint density at radius 3 is 2.45 bits per heavy atom. The van der Waals surface area contributed by atoms with Crippen molar-refractivity contribution in [3.63, 3.8) is 0 Å². The molecule has 11 nitrogen and oxygen atoms in total. The molecule has 3 atom stereocenters. The number of ether oxygens (including phenoxy) is 2. The molecule has 0 unspecified atom stereocenters. The zero-order chi connectivity index (χ0) is 33.8. The summed E-state index contributed by atoms with van der Waals surface area (Å²) in [6.45, 7) is 16.3. The van der Waals surface area contributed by atoms with Gasteiger partial charge in [0.05, 0.1) is 15.9 Å². The van der Waals surface area contributed by atoms with E-state index in [-0.39, 0.29) is 36.5 Å². The van der Waals surface area contributed by atoms with Gasteiger partial charge in [-0.3, -0.25) is 14.0 Å². The number of alkyl carbamates (subject to hydrolysis) is 1. The first-order chi connectivity index (χ1) is 22.1. The number of nitrogens with zero attached hydrogens (tertiary/aromatic N) is 6. The van der Waals surface area contributed by atoms with Crippen LogP contribution in [0.1, 0.15) is 53.4 Å². The average Bonchev–Trinajstić information content (AvgIpc) is 3.64. The number of fused-ring (bicyclic) bond motifs is 4. The van der Waals surface area contributed by atoms with Crippen LogP contribution in [-0.4, -0.2) is 68.4 Å². The predicted octanol–water partition coefficient (Wildman–Crippen LogP) is 6.76. The number of aromatic nitrogens is 5. The van der Waals surface area contributed by atoms with Crippen molar-refractivity contribution in [1.82, 2.24) is 29.2 Å². The lowest BCUT2D eigenvalue weighted by Crippen LogP contribution is -2.52. The maximum atomic E-state index is 14.4. The standard InChI is InChI=1S/C34H48ClN7O4Si/c1-9-41-19-26-27(38-41)13-12-24(29(26)35)25-18-40(20-45-14-15-47(6,7)8)30-28(25)31(43)39(5)32(37-30)42-22-10-11-23(42)17-21(16-22)36-33(44)46-34(2,3)4/h12-13,18-19,21-23H,9-11,14-17,20H2,1-8H3,(H,36,44)/t21-,22+,23-.